The highest BCUT2D eigenvalue weighted by atomic mass is 19.1. The summed E-state index contributed by atoms with van der Waals surface area (Å²) in [5.41, 5.74) is 3.83. The predicted octanol–water partition coefficient (Wildman–Crippen LogP) is 3.50. The zero-order valence-electron chi connectivity index (χ0n) is 15.0. The third kappa shape index (κ3) is 2.75. The molecule has 5 aromatic rings. The lowest BCUT2D eigenvalue weighted by Crippen LogP contribution is -2.05. The number of fused-ring (bicyclic) bond motifs is 2. The van der Waals surface area contributed by atoms with E-state index in [1.54, 1.807) is 24.3 Å². The molecule has 5 rings (SSSR count). The standard InChI is InChI=1S/C20H16FN7/c1-13-5-4-8-18-23-14(12-27(13)18)11-22-17-9-10-19-24-25-20(28(19)26-17)15-6-2-3-7-16(15)21/h2-10,12H,11H2,1H3,(H,22,26). The first-order valence-electron chi connectivity index (χ1n) is 8.84. The van der Waals surface area contributed by atoms with Crippen LogP contribution in [0.15, 0.2) is 60.8 Å². The van der Waals surface area contributed by atoms with Crippen molar-refractivity contribution in [3.63, 3.8) is 0 Å². The van der Waals surface area contributed by atoms with E-state index in [2.05, 4.69) is 25.6 Å². The molecular formula is C20H16FN7. The number of nitrogens with zero attached hydrogens (tertiary/aromatic N) is 6. The van der Waals surface area contributed by atoms with E-state index < -0.39 is 0 Å². The quantitative estimate of drug-likeness (QED) is 0.522. The van der Waals surface area contributed by atoms with Crippen molar-refractivity contribution in [3.05, 3.63) is 78.0 Å². The summed E-state index contributed by atoms with van der Waals surface area (Å²) >= 11 is 0. The molecule has 0 saturated heterocycles. The van der Waals surface area contributed by atoms with Gasteiger partial charge in [0.15, 0.2) is 11.5 Å². The van der Waals surface area contributed by atoms with E-state index >= 15 is 0 Å². The third-order valence-corrected chi connectivity index (χ3v) is 4.57. The highest BCUT2D eigenvalue weighted by Gasteiger charge is 2.13. The first-order chi connectivity index (χ1) is 13.7. The van der Waals surface area contributed by atoms with Crippen LogP contribution in [-0.4, -0.2) is 29.2 Å². The van der Waals surface area contributed by atoms with E-state index in [0.717, 1.165) is 17.0 Å². The number of pyridine rings is 1. The second-order valence-electron chi connectivity index (χ2n) is 6.47. The molecule has 8 heteroatoms. The summed E-state index contributed by atoms with van der Waals surface area (Å²) in [5, 5.41) is 15.9. The van der Waals surface area contributed by atoms with Gasteiger partial charge < -0.3 is 9.72 Å². The summed E-state index contributed by atoms with van der Waals surface area (Å²) in [6.45, 7) is 2.55. The van der Waals surface area contributed by atoms with Crippen LogP contribution in [-0.2, 0) is 6.54 Å². The van der Waals surface area contributed by atoms with E-state index in [4.69, 9.17) is 0 Å². The number of aryl methyl sites for hydroxylation is 1. The van der Waals surface area contributed by atoms with E-state index in [-0.39, 0.29) is 5.82 Å². The molecule has 0 aliphatic heterocycles. The minimum atomic E-state index is -0.364. The highest BCUT2D eigenvalue weighted by molar-refractivity contribution is 5.60. The van der Waals surface area contributed by atoms with Gasteiger partial charge in [-0.25, -0.2) is 9.37 Å². The van der Waals surface area contributed by atoms with Gasteiger partial charge in [-0.05, 0) is 43.3 Å². The van der Waals surface area contributed by atoms with Crippen molar-refractivity contribution in [1.29, 1.82) is 0 Å². The first kappa shape index (κ1) is 16.4. The van der Waals surface area contributed by atoms with Crippen LogP contribution < -0.4 is 5.32 Å². The normalized spacial score (nSPS) is 11.4. The van der Waals surface area contributed by atoms with Crippen LogP contribution in [0.1, 0.15) is 11.4 Å². The van der Waals surface area contributed by atoms with Gasteiger partial charge in [-0.15, -0.1) is 15.3 Å². The predicted molar refractivity (Wildman–Crippen MR) is 103 cm³/mol. The third-order valence-electron chi connectivity index (χ3n) is 4.57. The summed E-state index contributed by atoms with van der Waals surface area (Å²) in [4.78, 5) is 4.61. The van der Waals surface area contributed by atoms with Crippen LogP contribution >= 0.6 is 0 Å². The molecule has 0 radical (unpaired) electrons. The maximum atomic E-state index is 14.1. The van der Waals surface area contributed by atoms with Crippen LogP contribution in [0, 0.1) is 12.7 Å². The van der Waals surface area contributed by atoms with Crippen molar-refractivity contribution in [2.75, 3.05) is 5.32 Å². The molecule has 28 heavy (non-hydrogen) atoms. The monoisotopic (exact) mass is 373 g/mol. The van der Waals surface area contributed by atoms with Crippen LogP contribution in [0.4, 0.5) is 10.2 Å². The molecule has 0 bridgehead atoms. The molecule has 0 saturated carbocycles. The fourth-order valence-electron chi connectivity index (χ4n) is 3.16. The SMILES string of the molecule is Cc1cccc2nc(CNc3ccc4nnc(-c5ccccc5F)n4n3)cn12. The summed E-state index contributed by atoms with van der Waals surface area (Å²) in [6, 6.07) is 16.1. The summed E-state index contributed by atoms with van der Waals surface area (Å²) < 4.78 is 17.7. The van der Waals surface area contributed by atoms with Gasteiger partial charge in [-0.1, -0.05) is 18.2 Å². The number of aromatic nitrogens is 6. The highest BCUT2D eigenvalue weighted by Crippen LogP contribution is 2.21. The largest absolute Gasteiger partial charge is 0.363 e. The second kappa shape index (κ2) is 6.41. The van der Waals surface area contributed by atoms with Crippen molar-refractivity contribution in [3.8, 4) is 11.4 Å². The van der Waals surface area contributed by atoms with E-state index in [9.17, 15) is 4.39 Å². The Morgan fingerprint density at radius 2 is 1.86 bits per heavy atom. The van der Waals surface area contributed by atoms with E-state index in [0.29, 0.717) is 29.4 Å². The topological polar surface area (TPSA) is 72.4 Å². The molecule has 0 aliphatic rings. The molecule has 0 unspecified atom stereocenters. The Morgan fingerprint density at radius 3 is 2.71 bits per heavy atom. The fraction of sp³-hybridized carbons (Fsp3) is 0.100. The Bertz CT molecular complexity index is 1300. The molecule has 7 nitrogen and oxygen atoms in total. The minimum Gasteiger partial charge on any atom is -0.363 e. The molecule has 0 aliphatic carbocycles. The number of hydrogen-bond donors (Lipinski definition) is 1. The molecule has 1 aromatic carbocycles. The number of rotatable bonds is 4. The van der Waals surface area contributed by atoms with E-state index in [1.165, 1.54) is 10.6 Å². The Balaban J connectivity index is 1.45. The minimum absolute atomic E-state index is 0.357. The van der Waals surface area contributed by atoms with Gasteiger partial charge in [-0.2, -0.15) is 4.52 Å². The molecule has 4 aromatic heterocycles. The number of hydrogen-bond acceptors (Lipinski definition) is 5. The Hall–Kier alpha value is -3.81. The number of benzene rings is 1. The zero-order valence-corrected chi connectivity index (χ0v) is 15.0. The van der Waals surface area contributed by atoms with Crippen LogP contribution in [0.25, 0.3) is 22.7 Å². The molecule has 138 valence electrons. The number of halogens is 1. The van der Waals surface area contributed by atoms with Crippen LogP contribution in [0.3, 0.4) is 0 Å². The number of imidazole rings is 1. The Kier molecular flexibility index (Phi) is 3.75. The van der Waals surface area contributed by atoms with Crippen molar-refractivity contribution in [2.24, 2.45) is 0 Å². The van der Waals surface area contributed by atoms with Gasteiger partial charge in [0.1, 0.15) is 17.3 Å². The molecule has 0 fully saturated rings. The summed E-state index contributed by atoms with van der Waals surface area (Å²) in [6.07, 6.45) is 2.00. The molecular weight excluding hydrogens is 357 g/mol. The average Bonchev–Trinajstić information content (AvgIpc) is 3.31. The van der Waals surface area contributed by atoms with Gasteiger partial charge in [-0.3, -0.25) is 0 Å². The Morgan fingerprint density at radius 1 is 0.964 bits per heavy atom. The van der Waals surface area contributed by atoms with Crippen molar-refractivity contribution >= 4 is 17.1 Å². The number of nitrogens with one attached hydrogen (secondary N) is 1. The fourth-order valence-corrected chi connectivity index (χ4v) is 3.16. The van der Waals surface area contributed by atoms with Gasteiger partial charge in [0.25, 0.3) is 0 Å². The molecule has 0 spiro atoms. The lowest BCUT2D eigenvalue weighted by molar-refractivity contribution is 0.629. The zero-order chi connectivity index (χ0) is 19.1. The molecule has 0 atom stereocenters. The first-order valence-corrected chi connectivity index (χ1v) is 8.84. The van der Waals surface area contributed by atoms with Gasteiger partial charge in [0.05, 0.1) is 17.8 Å². The Labute approximate surface area is 159 Å². The maximum absolute atomic E-state index is 14.1. The van der Waals surface area contributed by atoms with E-state index in [1.807, 2.05) is 41.8 Å². The molecule has 0 amide bonds. The number of anilines is 1. The molecule has 4 heterocycles. The lowest BCUT2D eigenvalue weighted by Gasteiger charge is -2.05. The smallest absolute Gasteiger partial charge is 0.188 e. The van der Waals surface area contributed by atoms with Gasteiger partial charge in [0, 0.05) is 11.9 Å². The van der Waals surface area contributed by atoms with Crippen LogP contribution in [0.5, 0.6) is 0 Å². The lowest BCUT2D eigenvalue weighted by atomic mass is 10.2. The van der Waals surface area contributed by atoms with Crippen molar-refractivity contribution < 1.29 is 4.39 Å². The van der Waals surface area contributed by atoms with Crippen LogP contribution in [0.2, 0.25) is 0 Å². The van der Waals surface area contributed by atoms with Gasteiger partial charge in [0.2, 0.25) is 0 Å². The van der Waals surface area contributed by atoms with Crippen molar-refractivity contribution in [1.82, 2.24) is 29.2 Å². The average molecular weight is 373 g/mol. The summed E-state index contributed by atoms with van der Waals surface area (Å²) in [5.74, 6) is 0.621. The second-order valence-corrected chi connectivity index (χ2v) is 6.47. The van der Waals surface area contributed by atoms with Crippen molar-refractivity contribution in [2.45, 2.75) is 13.5 Å². The summed E-state index contributed by atoms with van der Waals surface area (Å²) in [7, 11) is 0. The maximum Gasteiger partial charge on any atom is 0.188 e. The van der Waals surface area contributed by atoms with Gasteiger partial charge >= 0.3 is 0 Å². The molecule has 1 N–H and O–H groups in total.